The Balaban J connectivity index is 1.84. The summed E-state index contributed by atoms with van der Waals surface area (Å²) in [6, 6.07) is 16.1. The fourth-order valence-corrected chi connectivity index (χ4v) is 5.35. The summed E-state index contributed by atoms with van der Waals surface area (Å²) in [5, 5.41) is 3.27. The number of ether oxygens (including phenoxy) is 2. The van der Waals surface area contributed by atoms with Crippen LogP contribution in [0.25, 0.3) is 0 Å². The number of anilines is 1. The lowest BCUT2D eigenvalue weighted by atomic mass is 10.2. The van der Waals surface area contributed by atoms with Gasteiger partial charge >= 0.3 is 0 Å². The standard InChI is InChI=1S/C26H28Cl2N2O5S/c1-4-34-24-11-8-19(12-25(24)35-5-2)16-29-26(31)17-30(22-14-20(27)13-21(28)15-22)36(32,33)23-9-6-18(3)7-10-23/h6-15H,4-5,16-17H2,1-3H3,(H,29,31). The van der Waals surface area contributed by atoms with E-state index in [4.69, 9.17) is 32.7 Å². The highest BCUT2D eigenvalue weighted by molar-refractivity contribution is 7.92. The summed E-state index contributed by atoms with van der Waals surface area (Å²) in [6.07, 6.45) is 0. The molecule has 0 atom stereocenters. The third-order valence-corrected chi connectivity index (χ3v) is 7.35. The number of hydrogen-bond acceptors (Lipinski definition) is 5. The fraction of sp³-hybridized carbons (Fsp3) is 0.269. The van der Waals surface area contributed by atoms with E-state index in [1.54, 1.807) is 24.3 Å². The topological polar surface area (TPSA) is 84.9 Å². The van der Waals surface area contributed by atoms with Gasteiger partial charge in [0.1, 0.15) is 6.54 Å². The predicted molar refractivity (Wildman–Crippen MR) is 143 cm³/mol. The third-order valence-electron chi connectivity index (χ3n) is 5.13. The highest BCUT2D eigenvalue weighted by Gasteiger charge is 2.28. The molecule has 3 rings (SSSR count). The summed E-state index contributed by atoms with van der Waals surface area (Å²) in [7, 11) is -4.09. The van der Waals surface area contributed by atoms with Crippen LogP contribution < -0.4 is 19.1 Å². The summed E-state index contributed by atoms with van der Waals surface area (Å²) >= 11 is 12.3. The first kappa shape index (κ1) is 27.6. The fourth-order valence-electron chi connectivity index (χ4n) is 3.43. The lowest BCUT2D eigenvalue weighted by molar-refractivity contribution is -0.119. The minimum Gasteiger partial charge on any atom is -0.490 e. The summed E-state index contributed by atoms with van der Waals surface area (Å²) in [6.45, 7) is 6.26. The molecule has 3 aromatic rings. The van der Waals surface area contributed by atoms with Crippen LogP contribution in [0.15, 0.2) is 65.6 Å². The van der Waals surface area contributed by atoms with Gasteiger partial charge in [-0.1, -0.05) is 47.0 Å². The number of halogens is 2. The molecule has 0 fully saturated rings. The molecule has 1 amide bonds. The molecule has 0 saturated carbocycles. The minimum atomic E-state index is -4.09. The Kier molecular flexibility index (Phi) is 9.48. The first-order chi connectivity index (χ1) is 17.1. The first-order valence-corrected chi connectivity index (χ1v) is 13.5. The Labute approximate surface area is 222 Å². The smallest absolute Gasteiger partial charge is 0.264 e. The van der Waals surface area contributed by atoms with E-state index < -0.39 is 22.5 Å². The van der Waals surface area contributed by atoms with Crippen LogP contribution in [-0.2, 0) is 21.4 Å². The van der Waals surface area contributed by atoms with Crippen molar-refractivity contribution in [1.82, 2.24) is 5.32 Å². The van der Waals surface area contributed by atoms with E-state index in [0.717, 1.165) is 15.4 Å². The molecular weight excluding hydrogens is 523 g/mol. The van der Waals surface area contributed by atoms with Crippen molar-refractivity contribution in [3.63, 3.8) is 0 Å². The summed E-state index contributed by atoms with van der Waals surface area (Å²) in [5.74, 6) is 0.680. The lowest BCUT2D eigenvalue weighted by Crippen LogP contribution is -2.40. The predicted octanol–water partition coefficient (Wildman–Crippen LogP) is 5.61. The van der Waals surface area contributed by atoms with Crippen LogP contribution in [0.5, 0.6) is 11.5 Å². The van der Waals surface area contributed by atoms with Crippen molar-refractivity contribution in [3.05, 3.63) is 81.8 Å². The summed E-state index contributed by atoms with van der Waals surface area (Å²) < 4.78 is 39.2. The number of aryl methyl sites for hydroxylation is 1. The van der Waals surface area contributed by atoms with E-state index in [1.807, 2.05) is 26.8 Å². The van der Waals surface area contributed by atoms with Crippen LogP contribution in [0.1, 0.15) is 25.0 Å². The zero-order valence-electron chi connectivity index (χ0n) is 20.3. The molecule has 3 aromatic carbocycles. The van der Waals surface area contributed by atoms with Gasteiger partial charge in [-0.25, -0.2) is 8.42 Å². The minimum absolute atomic E-state index is 0.0462. The molecule has 36 heavy (non-hydrogen) atoms. The second kappa shape index (κ2) is 12.3. The molecule has 0 aliphatic heterocycles. The zero-order valence-corrected chi connectivity index (χ0v) is 22.6. The third kappa shape index (κ3) is 7.06. The van der Waals surface area contributed by atoms with E-state index in [1.165, 1.54) is 30.3 Å². The van der Waals surface area contributed by atoms with E-state index in [-0.39, 0.29) is 27.2 Å². The van der Waals surface area contributed by atoms with E-state index in [9.17, 15) is 13.2 Å². The van der Waals surface area contributed by atoms with Crippen molar-refractivity contribution >= 4 is 44.8 Å². The second-order valence-electron chi connectivity index (χ2n) is 7.88. The highest BCUT2D eigenvalue weighted by atomic mass is 35.5. The Morgan fingerprint density at radius 3 is 2.11 bits per heavy atom. The SMILES string of the molecule is CCOc1ccc(CNC(=O)CN(c2cc(Cl)cc(Cl)c2)S(=O)(=O)c2ccc(C)cc2)cc1OCC. The Hall–Kier alpha value is -2.94. The quantitative estimate of drug-likeness (QED) is 0.335. The molecule has 0 heterocycles. The molecule has 0 unspecified atom stereocenters. The Morgan fingerprint density at radius 2 is 1.50 bits per heavy atom. The van der Waals surface area contributed by atoms with Crippen molar-refractivity contribution < 1.29 is 22.7 Å². The molecule has 0 aliphatic rings. The lowest BCUT2D eigenvalue weighted by Gasteiger charge is -2.24. The maximum Gasteiger partial charge on any atom is 0.264 e. The molecule has 0 spiro atoms. The van der Waals surface area contributed by atoms with Crippen molar-refractivity contribution in [2.75, 3.05) is 24.1 Å². The number of sulfonamides is 1. The number of nitrogens with zero attached hydrogens (tertiary/aromatic N) is 1. The average Bonchev–Trinajstić information content (AvgIpc) is 2.82. The molecule has 10 heteroatoms. The molecule has 0 radical (unpaired) electrons. The van der Waals surface area contributed by atoms with Gasteiger partial charge in [0.15, 0.2) is 11.5 Å². The van der Waals surface area contributed by atoms with Gasteiger partial charge in [0.25, 0.3) is 10.0 Å². The number of carbonyl (C=O) groups excluding carboxylic acids is 1. The normalized spacial score (nSPS) is 11.1. The molecule has 0 bridgehead atoms. The largest absolute Gasteiger partial charge is 0.490 e. The number of carbonyl (C=O) groups is 1. The van der Waals surface area contributed by atoms with Crippen LogP contribution in [0, 0.1) is 6.92 Å². The maximum atomic E-state index is 13.5. The number of amides is 1. The van der Waals surface area contributed by atoms with Crippen molar-refractivity contribution in [3.8, 4) is 11.5 Å². The van der Waals surface area contributed by atoms with Crippen LogP contribution in [0.2, 0.25) is 10.0 Å². The van der Waals surface area contributed by atoms with Gasteiger partial charge in [0.2, 0.25) is 5.91 Å². The molecule has 7 nitrogen and oxygen atoms in total. The number of nitrogens with one attached hydrogen (secondary N) is 1. The highest BCUT2D eigenvalue weighted by Crippen LogP contribution is 2.30. The van der Waals surface area contributed by atoms with Crippen molar-refractivity contribution in [1.29, 1.82) is 0 Å². The number of hydrogen-bond donors (Lipinski definition) is 1. The molecular formula is C26H28Cl2N2O5S. The van der Waals surface area contributed by atoms with Gasteiger partial charge in [0.05, 0.1) is 23.8 Å². The molecule has 0 aromatic heterocycles. The van der Waals surface area contributed by atoms with Gasteiger partial charge < -0.3 is 14.8 Å². The van der Waals surface area contributed by atoms with Crippen LogP contribution >= 0.6 is 23.2 Å². The molecule has 0 saturated heterocycles. The van der Waals surface area contributed by atoms with E-state index >= 15 is 0 Å². The summed E-state index contributed by atoms with van der Waals surface area (Å²) in [4.78, 5) is 13.0. The molecule has 1 N–H and O–H groups in total. The molecule has 192 valence electrons. The monoisotopic (exact) mass is 550 g/mol. The molecule has 0 aliphatic carbocycles. The van der Waals surface area contributed by atoms with Gasteiger partial charge in [-0.3, -0.25) is 9.10 Å². The Morgan fingerprint density at radius 1 is 0.889 bits per heavy atom. The zero-order chi connectivity index (χ0) is 26.3. The number of benzene rings is 3. The van der Waals surface area contributed by atoms with Gasteiger partial charge in [0, 0.05) is 16.6 Å². The number of rotatable bonds is 11. The van der Waals surface area contributed by atoms with Crippen molar-refractivity contribution in [2.24, 2.45) is 0 Å². The van der Waals surface area contributed by atoms with E-state index in [2.05, 4.69) is 5.32 Å². The Bertz CT molecular complexity index is 1290. The van der Waals surface area contributed by atoms with Crippen LogP contribution in [0.3, 0.4) is 0 Å². The van der Waals surface area contributed by atoms with Crippen molar-refractivity contribution in [2.45, 2.75) is 32.2 Å². The summed E-state index contributed by atoms with van der Waals surface area (Å²) in [5.41, 5.74) is 1.86. The van der Waals surface area contributed by atoms with E-state index in [0.29, 0.717) is 24.7 Å². The van der Waals surface area contributed by atoms with Gasteiger partial charge in [-0.15, -0.1) is 0 Å². The van der Waals surface area contributed by atoms with Gasteiger partial charge in [-0.2, -0.15) is 0 Å². The maximum absolute atomic E-state index is 13.5. The van der Waals surface area contributed by atoms with Crippen LogP contribution in [0.4, 0.5) is 5.69 Å². The average molecular weight is 551 g/mol. The first-order valence-electron chi connectivity index (χ1n) is 11.3. The van der Waals surface area contributed by atoms with Crippen LogP contribution in [-0.4, -0.2) is 34.1 Å². The van der Waals surface area contributed by atoms with Gasteiger partial charge in [-0.05, 0) is 68.8 Å². The second-order valence-corrected chi connectivity index (χ2v) is 10.6.